The summed E-state index contributed by atoms with van der Waals surface area (Å²) < 4.78 is 22.1. The molecule has 1 fully saturated rings. The molecule has 1 saturated heterocycles. The second-order valence-electron chi connectivity index (χ2n) is 7.84. The van der Waals surface area contributed by atoms with Gasteiger partial charge >= 0.3 is 0 Å². The predicted molar refractivity (Wildman–Crippen MR) is 119 cm³/mol. The first-order valence-corrected chi connectivity index (χ1v) is 10.8. The van der Waals surface area contributed by atoms with Crippen molar-refractivity contribution in [3.63, 3.8) is 0 Å². The maximum absolute atomic E-state index is 12.7. The van der Waals surface area contributed by atoms with E-state index in [1.165, 1.54) is 0 Å². The Kier molecular flexibility index (Phi) is 6.94. The third-order valence-electron chi connectivity index (χ3n) is 5.63. The summed E-state index contributed by atoms with van der Waals surface area (Å²) in [5.74, 6) is 3.76. The number of aromatic nitrogens is 1. The van der Waals surface area contributed by atoms with Crippen LogP contribution < -0.4 is 14.2 Å². The van der Waals surface area contributed by atoms with Crippen LogP contribution in [0.1, 0.15) is 36.0 Å². The molecule has 1 unspecified atom stereocenters. The fourth-order valence-corrected chi connectivity index (χ4v) is 3.89. The van der Waals surface area contributed by atoms with Gasteiger partial charge in [0.2, 0.25) is 0 Å². The molecular formula is C25H28N2O5. The second-order valence-corrected chi connectivity index (χ2v) is 7.84. The number of ether oxygens (including phenoxy) is 3. The summed E-state index contributed by atoms with van der Waals surface area (Å²) in [4.78, 5) is 19.0. The molecule has 7 heteroatoms. The van der Waals surface area contributed by atoms with E-state index in [2.05, 4.69) is 4.98 Å². The van der Waals surface area contributed by atoms with E-state index < -0.39 is 0 Å². The van der Waals surface area contributed by atoms with E-state index in [0.29, 0.717) is 24.6 Å². The number of piperidine rings is 1. The van der Waals surface area contributed by atoms with Crippen LogP contribution in [-0.4, -0.2) is 49.7 Å². The van der Waals surface area contributed by atoms with Gasteiger partial charge in [-0.05, 0) is 54.8 Å². The Morgan fingerprint density at radius 2 is 1.88 bits per heavy atom. The van der Waals surface area contributed by atoms with Crippen LogP contribution >= 0.6 is 0 Å². The van der Waals surface area contributed by atoms with Crippen LogP contribution in [0, 0.1) is 0 Å². The molecule has 168 valence electrons. The van der Waals surface area contributed by atoms with Crippen molar-refractivity contribution in [2.75, 3.05) is 33.9 Å². The largest absolute Gasteiger partial charge is 0.497 e. The van der Waals surface area contributed by atoms with Crippen molar-refractivity contribution >= 4 is 5.91 Å². The normalized spacial score (nSPS) is 15.9. The number of amides is 1. The smallest absolute Gasteiger partial charge is 0.260 e. The number of hydrogen-bond acceptors (Lipinski definition) is 6. The zero-order valence-electron chi connectivity index (χ0n) is 18.5. The summed E-state index contributed by atoms with van der Waals surface area (Å²) in [5, 5.41) is 0. The van der Waals surface area contributed by atoms with Crippen molar-refractivity contribution in [3.05, 3.63) is 71.9 Å². The molecule has 1 aliphatic heterocycles. The van der Waals surface area contributed by atoms with E-state index in [1.54, 1.807) is 32.5 Å². The molecule has 1 amide bonds. The number of oxazole rings is 1. The highest BCUT2D eigenvalue weighted by atomic mass is 16.5. The Morgan fingerprint density at radius 1 is 1.09 bits per heavy atom. The lowest BCUT2D eigenvalue weighted by molar-refractivity contribution is -0.134. The Bertz CT molecular complexity index is 1030. The van der Waals surface area contributed by atoms with Gasteiger partial charge in [0.25, 0.3) is 5.91 Å². The van der Waals surface area contributed by atoms with Crippen LogP contribution in [-0.2, 0) is 11.2 Å². The van der Waals surface area contributed by atoms with Crippen LogP contribution in [0.25, 0.3) is 0 Å². The lowest BCUT2D eigenvalue weighted by Crippen LogP contribution is -2.41. The van der Waals surface area contributed by atoms with Gasteiger partial charge in [0.15, 0.2) is 12.5 Å². The van der Waals surface area contributed by atoms with E-state index in [9.17, 15) is 4.79 Å². The van der Waals surface area contributed by atoms with E-state index in [4.69, 9.17) is 18.6 Å². The van der Waals surface area contributed by atoms with Crippen molar-refractivity contribution in [1.82, 2.24) is 9.88 Å². The Hall–Kier alpha value is -3.48. The zero-order valence-corrected chi connectivity index (χ0v) is 18.5. The second kappa shape index (κ2) is 10.2. The van der Waals surface area contributed by atoms with Gasteiger partial charge < -0.3 is 23.5 Å². The summed E-state index contributed by atoms with van der Waals surface area (Å²) in [7, 11) is 3.27. The monoisotopic (exact) mass is 436 g/mol. The number of benzene rings is 2. The number of nitrogens with zero attached hydrogens (tertiary/aromatic N) is 2. The van der Waals surface area contributed by atoms with E-state index in [0.717, 1.165) is 42.2 Å². The predicted octanol–water partition coefficient (Wildman–Crippen LogP) is 4.07. The number of hydrogen-bond donors (Lipinski definition) is 0. The molecule has 1 atom stereocenters. The van der Waals surface area contributed by atoms with Crippen LogP contribution in [0.5, 0.6) is 17.2 Å². The highest BCUT2D eigenvalue weighted by molar-refractivity contribution is 5.78. The standard InChI is InChI=1S/C25H28N2O5/c1-29-20-8-10-21(11-9-20)31-17-24(28)27-12-4-6-19(16-27)25-26-15-23(32-25)14-18-5-3-7-22(13-18)30-2/h3,5,7-11,13,15,19H,4,6,12,14,16-17H2,1-2H3. The van der Waals surface area contributed by atoms with Gasteiger partial charge in [-0.25, -0.2) is 4.98 Å². The first kappa shape index (κ1) is 21.7. The molecule has 0 aliphatic carbocycles. The number of carbonyl (C=O) groups excluding carboxylic acids is 1. The highest BCUT2D eigenvalue weighted by Crippen LogP contribution is 2.28. The molecule has 1 aliphatic rings. The average Bonchev–Trinajstić information content (AvgIpc) is 3.31. The number of rotatable bonds is 8. The summed E-state index contributed by atoms with van der Waals surface area (Å²) in [5.41, 5.74) is 1.10. The minimum Gasteiger partial charge on any atom is -0.497 e. The minimum atomic E-state index is -0.0336. The number of methoxy groups -OCH3 is 2. The van der Waals surface area contributed by atoms with Gasteiger partial charge in [0.05, 0.1) is 26.3 Å². The molecule has 0 bridgehead atoms. The maximum atomic E-state index is 12.7. The average molecular weight is 437 g/mol. The van der Waals surface area contributed by atoms with Gasteiger partial charge in [-0.1, -0.05) is 12.1 Å². The first-order chi connectivity index (χ1) is 15.6. The van der Waals surface area contributed by atoms with Crippen LogP contribution in [0.2, 0.25) is 0 Å². The molecule has 1 aromatic heterocycles. The zero-order chi connectivity index (χ0) is 22.3. The highest BCUT2D eigenvalue weighted by Gasteiger charge is 2.28. The lowest BCUT2D eigenvalue weighted by atomic mass is 9.98. The molecule has 0 N–H and O–H groups in total. The quantitative estimate of drug-likeness (QED) is 0.530. The fourth-order valence-electron chi connectivity index (χ4n) is 3.89. The van der Waals surface area contributed by atoms with Gasteiger partial charge in [0.1, 0.15) is 23.0 Å². The van der Waals surface area contributed by atoms with E-state index in [1.807, 2.05) is 41.3 Å². The van der Waals surface area contributed by atoms with Gasteiger partial charge in [-0.3, -0.25) is 4.79 Å². The van der Waals surface area contributed by atoms with Gasteiger partial charge in [0, 0.05) is 19.5 Å². The maximum Gasteiger partial charge on any atom is 0.260 e. The molecule has 0 radical (unpaired) electrons. The molecular weight excluding hydrogens is 408 g/mol. The summed E-state index contributed by atoms with van der Waals surface area (Å²) in [6, 6.07) is 15.1. The molecule has 32 heavy (non-hydrogen) atoms. The first-order valence-electron chi connectivity index (χ1n) is 10.8. The molecule has 3 aromatic rings. The number of likely N-dealkylation sites (tertiary alicyclic amines) is 1. The van der Waals surface area contributed by atoms with Gasteiger partial charge in [-0.15, -0.1) is 0 Å². The Balaban J connectivity index is 1.32. The van der Waals surface area contributed by atoms with Crippen molar-refractivity contribution in [1.29, 1.82) is 0 Å². The third kappa shape index (κ3) is 5.41. The molecule has 0 saturated carbocycles. The van der Waals surface area contributed by atoms with Crippen LogP contribution in [0.3, 0.4) is 0 Å². The minimum absolute atomic E-state index is 0.00568. The molecule has 0 spiro atoms. The summed E-state index contributed by atoms with van der Waals surface area (Å²) >= 11 is 0. The Morgan fingerprint density at radius 3 is 2.66 bits per heavy atom. The van der Waals surface area contributed by atoms with Crippen LogP contribution in [0.4, 0.5) is 0 Å². The number of carbonyl (C=O) groups is 1. The van der Waals surface area contributed by atoms with Gasteiger partial charge in [-0.2, -0.15) is 0 Å². The third-order valence-corrected chi connectivity index (χ3v) is 5.63. The molecule has 7 nitrogen and oxygen atoms in total. The van der Waals surface area contributed by atoms with Crippen molar-refractivity contribution in [3.8, 4) is 17.2 Å². The lowest BCUT2D eigenvalue weighted by Gasteiger charge is -2.31. The van der Waals surface area contributed by atoms with Crippen molar-refractivity contribution in [2.24, 2.45) is 0 Å². The molecule has 2 heterocycles. The van der Waals surface area contributed by atoms with Crippen molar-refractivity contribution < 1.29 is 23.4 Å². The summed E-state index contributed by atoms with van der Waals surface area (Å²) in [6.45, 7) is 1.31. The molecule has 4 rings (SSSR count). The summed E-state index contributed by atoms with van der Waals surface area (Å²) in [6.07, 6.45) is 4.28. The van der Waals surface area contributed by atoms with E-state index in [-0.39, 0.29) is 18.4 Å². The van der Waals surface area contributed by atoms with E-state index >= 15 is 0 Å². The van der Waals surface area contributed by atoms with Crippen LogP contribution in [0.15, 0.2) is 59.1 Å². The fraction of sp³-hybridized carbons (Fsp3) is 0.360. The topological polar surface area (TPSA) is 74.0 Å². The van der Waals surface area contributed by atoms with Crippen molar-refractivity contribution in [2.45, 2.75) is 25.2 Å². The Labute approximate surface area is 187 Å². The molecule has 2 aromatic carbocycles. The SMILES string of the molecule is COc1ccc(OCC(=O)N2CCCC(c3ncc(Cc4cccc(OC)c4)o3)C2)cc1.